The number of carbonyl (C=O) groups is 3. The minimum absolute atomic E-state index is 0.107. The first kappa shape index (κ1) is 24.3. The number of hydrogen-bond acceptors (Lipinski definition) is 7. The van der Waals surface area contributed by atoms with Crippen LogP contribution >= 0.6 is 0 Å². The lowest BCUT2D eigenvalue weighted by atomic mass is 9.73. The van der Waals surface area contributed by atoms with Gasteiger partial charge in [0.25, 0.3) is 6.47 Å². The molecule has 26 heavy (non-hydrogen) atoms. The van der Waals surface area contributed by atoms with Crippen molar-refractivity contribution >= 4 is 18.2 Å². The van der Waals surface area contributed by atoms with Gasteiger partial charge in [-0.2, -0.15) is 0 Å². The van der Waals surface area contributed by atoms with Crippen LogP contribution in [0.2, 0.25) is 0 Å². The van der Waals surface area contributed by atoms with Crippen molar-refractivity contribution in [3.05, 3.63) is 12.2 Å². The molecule has 0 atom stereocenters. The summed E-state index contributed by atoms with van der Waals surface area (Å²) in [5.74, 6) is -0.883. The summed E-state index contributed by atoms with van der Waals surface area (Å²) in [5, 5.41) is 0. The van der Waals surface area contributed by atoms with Crippen molar-refractivity contribution < 1.29 is 33.3 Å². The second-order valence-corrected chi connectivity index (χ2v) is 7.78. The molecular weight excluding hydrogens is 340 g/mol. The first-order valence-electron chi connectivity index (χ1n) is 8.56. The summed E-state index contributed by atoms with van der Waals surface area (Å²) < 4.78 is 20.7. The Hall–Kier alpha value is -1.73. The third-order valence-corrected chi connectivity index (χ3v) is 4.09. The predicted octanol–water partition coefficient (Wildman–Crippen LogP) is 2.46. The van der Waals surface area contributed by atoms with Gasteiger partial charge in [0.05, 0.1) is 29.8 Å². The molecule has 0 N–H and O–H groups in total. The Labute approximate surface area is 156 Å². The van der Waals surface area contributed by atoms with Crippen molar-refractivity contribution in [3.63, 3.8) is 0 Å². The molecule has 0 saturated carbocycles. The van der Waals surface area contributed by atoms with E-state index in [-0.39, 0.29) is 37.8 Å². The van der Waals surface area contributed by atoms with Crippen LogP contribution < -0.4 is 0 Å². The summed E-state index contributed by atoms with van der Waals surface area (Å²) in [6.07, 6.45) is 2.30. The molecule has 0 spiro atoms. The van der Waals surface area contributed by atoms with Crippen LogP contribution in [0.3, 0.4) is 0 Å². The highest BCUT2D eigenvalue weighted by Gasteiger charge is 2.42. The van der Waals surface area contributed by atoms with Gasteiger partial charge >= 0.3 is 5.97 Å². The van der Waals surface area contributed by atoms with E-state index in [0.717, 1.165) is 6.08 Å². The van der Waals surface area contributed by atoms with Crippen LogP contribution in [0.4, 0.5) is 0 Å². The molecular formula is C19H32O7. The average molecular weight is 372 g/mol. The van der Waals surface area contributed by atoms with Gasteiger partial charge in [0.1, 0.15) is 13.2 Å². The molecule has 0 bridgehead atoms. The van der Waals surface area contributed by atoms with Gasteiger partial charge in [-0.25, -0.2) is 4.79 Å². The SMILES string of the molecule is CC(C)(C)OCCOC(=O)/C=C/C(=O)C(C)(C)C(C)(C)OCCOC=O. The van der Waals surface area contributed by atoms with Gasteiger partial charge in [0.15, 0.2) is 5.78 Å². The van der Waals surface area contributed by atoms with Crippen LogP contribution in [0, 0.1) is 5.41 Å². The first-order chi connectivity index (χ1) is 11.8. The van der Waals surface area contributed by atoms with Crippen molar-refractivity contribution in [2.24, 2.45) is 5.41 Å². The summed E-state index contributed by atoms with van der Waals surface area (Å²) in [7, 11) is 0. The summed E-state index contributed by atoms with van der Waals surface area (Å²) in [5.41, 5.74) is -2.03. The third kappa shape index (κ3) is 9.10. The normalized spacial score (nSPS) is 12.9. The van der Waals surface area contributed by atoms with E-state index in [0.29, 0.717) is 6.47 Å². The Bertz CT molecular complexity index is 499. The first-order valence-corrected chi connectivity index (χ1v) is 8.56. The average Bonchev–Trinajstić information content (AvgIpc) is 2.52. The van der Waals surface area contributed by atoms with Crippen LogP contribution in [0.15, 0.2) is 12.2 Å². The third-order valence-electron chi connectivity index (χ3n) is 4.09. The molecule has 0 aliphatic carbocycles. The maximum atomic E-state index is 12.5. The number of allylic oxidation sites excluding steroid dienone is 1. The monoisotopic (exact) mass is 372 g/mol. The fourth-order valence-corrected chi connectivity index (χ4v) is 1.76. The highest BCUT2D eigenvalue weighted by atomic mass is 16.6. The lowest BCUT2D eigenvalue weighted by Gasteiger charge is -2.39. The molecule has 150 valence electrons. The van der Waals surface area contributed by atoms with Gasteiger partial charge in [-0.3, -0.25) is 9.59 Å². The standard InChI is InChI=1S/C19H32O7/c1-17(2,3)25-13-11-24-16(22)9-8-15(21)18(4,5)19(6,7)26-12-10-23-14-20/h8-9,14H,10-13H2,1-7H3/b9-8+. The zero-order valence-corrected chi connectivity index (χ0v) is 16.9. The topological polar surface area (TPSA) is 88.1 Å². The van der Waals surface area contributed by atoms with Gasteiger partial charge < -0.3 is 18.9 Å². The Morgan fingerprint density at radius 1 is 0.808 bits per heavy atom. The molecule has 0 heterocycles. The summed E-state index contributed by atoms with van der Waals surface area (Å²) in [6.45, 7) is 13.7. The smallest absolute Gasteiger partial charge is 0.330 e. The molecule has 0 rings (SSSR count). The van der Waals surface area contributed by atoms with E-state index in [2.05, 4.69) is 4.74 Å². The molecule has 0 aromatic carbocycles. The van der Waals surface area contributed by atoms with E-state index in [1.807, 2.05) is 20.8 Å². The van der Waals surface area contributed by atoms with Crippen molar-refractivity contribution in [1.82, 2.24) is 0 Å². The van der Waals surface area contributed by atoms with Crippen molar-refractivity contribution in [2.45, 2.75) is 59.7 Å². The van der Waals surface area contributed by atoms with Crippen LogP contribution in [0.1, 0.15) is 48.5 Å². The largest absolute Gasteiger partial charge is 0.465 e. The number of hydrogen-bond donors (Lipinski definition) is 0. The fraction of sp³-hybridized carbons (Fsp3) is 0.737. The van der Waals surface area contributed by atoms with Crippen molar-refractivity contribution in [3.8, 4) is 0 Å². The Kier molecular flexibility index (Phi) is 9.73. The van der Waals surface area contributed by atoms with Crippen LogP contribution in [0.25, 0.3) is 0 Å². The van der Waals surface area contributed by atoms with Gasteiger partial charge in [-0.15, -0.1) is 0 Å². The van der Waals surface area contributed by atoms with Gasteiger partial charge in [0.2, 0.25) is 0 Å². The van der Waals surface area contributed by atoms with Crippen molar-refractivity contribution in [2.75, 3.05) is 26.4 Å². The van der Waals surface area contributed by atoms with Crippen molar-refractivity contribution in [1.29, 1.82) is 0 Å². The number of ketones is 1. The van der Waals surface area contributed by atoms with E-state index in [4.69, 9.17) is 14.2 Å². The molecule has 7 nitrogen and oxygen atoms in total. The second kappa shape index (κ2) is 10.4. The lowest BCUT2D eigenvalue weighted by molar-refractivity contribution is -0.150. The molecule has 0 amide bonds. The molecule has 0 aromatic rings. The number of ether oxygens (including phenoxy) is 4. The van der Waals surface area contributed by atoms with E-state index in [9.17, 15) is 14.4 Å². The van der Waals surface area contributed by atoms with E-state index >= 15 is 0 Å². The Morgan fingerprint density at radius 2 is 1.38 bits per heavy atom. The van der Waals surface area contributed by atoms with Gasteiger partial charge in [-0.05, 0) is 54.5 Å². The minimum Gasteiger partial charge on any atom is -0.465 e. The van der Waals surface area contributed by atoms with Gasteiger partial charge in [-0.1, -0.05) is 0 Å². The molecule has 0 aliphatic rings. The zero-order valence-electron chi connectivity index (χ0n) is 16.9. The highest BCUT2D eigenvalue weighted by Crippen LogP contribution is 2.35. The fourth-order valence-electron chi connectivity index (χ4n) is 1.76. The number of carbonyl (C=O) groups excluding carboxylic acids is 3. The summed E-state index contributed by atoms with van der Waals surface area (Å²) in [6, 6.07) is 0. The number of rotatable bonds is 12. The maximum absolute atomic E-state index is 12.5. The Balaban J connectivity index is 4.53. The lowest BCUT2D eigenvalue weighted by Crippen LogP contribution is -2.47. The molecule has 0 saturated heterocycles. The van der Waals surface area contributed by atoms with E-state index < -0.39 is 17.0 Å². The highest BCUT2D eigenvalue weighted by molar-refractivity contribution is 5.99. The molecule has 0 fully saturated rings. The second-order valence-electron chi connectivity index (χ2n) is 7.78. The summed E-state index contributed by atoms with van der Waals surface area (Å²) >= 11 is 0. The predicted molar refractivity (Wildman–Crippen MR) is 96.6 cm³/mol. The summed E-state index contributed by atoms with van der Waals surface area (Å²) in [4.78, 5) is 34.3. The van der Waals surface area contributed by atoms with E-state index in [1.54, 1.807) is 27.7 Å². The molecule has 0 unspecified atom stereocenters. The van der Waals surface area contributed by atoms with Crippen LogP contribution in [0.5, 0.6) is 0 Å². The molecule has 0 radical (unpaired) electrons. The van der Waals surface area contributed by atoms with E-state index in [1.165, 1.54) is 6.08 Å². The molecule has 0 aromatic heterocycles. The van der Waals surface area contributed by atoms with Gasteiger partial charge in [0, 0.05) is 6.08 Å². The molecule has 7 heteroatoms. The molecule has 0 aliphatic heterocycles. The number of esters is 1. The Morgan fingerprint density at radius 3 is 1.92 bits per heavy atom. The minimum atomic E-state index is -0.902. The quantitative estimate of drug-likeness (QED) is 0.225. The maximum Gasteiger partial charge on any atom is 0.330 e. The zero-order chi connectivity index (χ0) is 20.4. The van der Waals surface area contributed by atoms with Crippen LogP contribution in [-0.2, 0) is 33.3 Å². The van der Waals surface area contributed by atoms with Crippen LogP contribution in [-0.4, -0.2) is 55.9 Å².